The summed E-state index contributed by atoms with van der Waals surface area (Å²) >= 11 is 0. The van der Waals surface area contributed by atoms with Gasteiger partial charge in [0, 0.05) is 57.5 Å². The zero-order valence-corrected chi connectivity index (χ0v) is 40.9. The Morgan fingerprint density at radius 2 is 0.672 bits per heavy atom. The highest BCUT2D eigenvalue weighted by atomic mass is 16.6. The summed E-state index contributed by atoms with van der Waals surface area (Å²) in [5.74, 6) is -4.12. The fraction of sp³-hybridized carbons (Fsp3) is 0.882. The smallest absolute Gasteiger partial charge is 0.306 e. The van der Waals surface area contributed by atoms with Crippen molar-refractivity contribution in [3.63, 3.8) is 0 Å². The molecule has 0 amide bonds. The zero-order valence-electron chi connectivity index (χ0n) is 40.9. The average Bonchev–Trinajstić information content (AvgIpc) is 3.71. The lowest BCUT2D eigenvalue weighted by Gasteiger charge is -2.18. The molecule has 13 heteroatoms. The molecule has 1 aliphatic rings. The first kappa shape index (κ1) is 58.8. The van der Waals surface area contributed by atoms with Crippen LogP contribution in [0.25, 0.3) is 0 Å². The Labute approximate surface area is 387 Å². The SMILES string of the molecule is CCCCCCCCOC(=O)CC(CC(=O)OCCCCCCCC)CC(=O)OC[C@@H]1C[C@@H](OC(=O)CC(CC(=O)OCCCCCCCC)CC(=O)OCCCCCCCC)CN1. The molecular weight excluding hydrogens is 819 g/mol. The van der Waals surface area contributed by atoms with Crippen LogP contribution in [0.5, 0.6) is 0 Å². The van der Waals surface area contributed by atoms with Crippen LogP contribution in [-0.4, -0.2) is 87.5 Å². The van der Waals surface area contributed by atoms with E-state index in [1.54, 1.807) is 0 Å². The summed E-state index contributed by atoms with van der Waals surface area (Å²) < 4.78 is 33.2. The van der Waals surface area contributed by atoms with E-state index in [0.717, 1.165) is 128 Å². The lowest BCUT2D eigenvalue weighted by Crippen LogP contribution is -2.29. The molecule has 1 N–H and O–H groups in total. The monoisotopic (exact) mass is 910 g/mol. The number of ether oxygens (including phenoxy) is 6. The van der Waals surface area contributed by atoms with Crippen molar-refractivity contribution in [1.82, 2.24) is 5.32 Å². The first-order chi connectivity index (χ1) is 31.1. The van der Waals surface area contributed by atoms with Crippen molar-refractivity contribution in [2.45, 2.75) is 239 Å². The third-order valence-electron chi connectivity index (χ3n) is 11.7. The number of hydrogen-bond acceptors (Lipinski definition) is 13. The second kappa shape index (κ2) is 41.2. The molecule has 1 saturated heterocycles. The number of carbonyl (C=O) groups is 6. The second-order valence-electron chi connectivity index (χ2n) is 18.0. The summed E-state index contributed by atoms with van der Waals surface area (Å²) in [6.45, 7) is 10.3. The Morgan fingerprint density at radius 1 is 0.391 bits per heavy atom. The summed E-state index contributed by atoms with van der Waals surface area (Å²) in [4.78, 5) is 77.3. The quantitative estimate of drug-likeness (QED) is 0.0349. The molecule has 1 fully saturated rings. The molecule has 0 saturated carbocycles. The van der Waals surface area contributed by atoms with Gasteiger partial charge in [-0.1, -0.05) is 156 Å². The van der Waals surface area contributed by atoms with Crippen molar-refractivity contribution < 1.29 is 57.2 Å². The predicted octanol–water partition coefficient (Wildman–Crippen LogP) is 11.0. The van der Waals surface area contributed by atoms with Crippen LogP contribution in [0.15, 0.2) is 0 Å². The highest BCUT2D eigenvalue weighted by Gasteiger charge is 2.31. The number of esters is 6. The molecule has 372 valence electrons. The van der Waals surface area contributed by atoms with E-state index in [4.69, 9.17) is 28.4 Å². The van der Waals surface area contributed by atoms with Crippen molar-refractivity contribution in [2.24, 2.45) is 11.8 Å². The van der Waals surface area contributed by atoms with E-state index in [2.05, 4.69) is 33.0 Å². The normalized spacial score (nSPS) is 14.7. The van der Waals surface area contributed by atoms with Crippen molar-refractivity contribution in [3.05, 3.63) is 0 Å². The molecule has 2 atom stereocenters. The third-order valence-corrected chi connectivity index (χ3v) is 11.7. The van der Waals surface area contributed by atoms with E-state index in [9.17, 15) is 28.8 Å². The minimum absolute atomic E-state index is 0.0159. The maximum atomic E-state index is 13.2. The number of carbonyl (C=O) groups excluding carboxylic acids is 6. The third kappa shape index (κ3) is 35.1. The van der Waals surface area contributed by atoms with Crippen molar-refractivity contribution >= 4 is 35.8 Å². The van der Waals surface area contributed by atoms with Gasteiger partial charge in [0.05, 0.1) is 26.4 Å². The first-order valence-electron chi connectivity index (χ1n) is 25.8. The molecule has 0 aromatic carbocycles. The van der Waals surface area contributed by atoms with Gasteiger partial charge in [-0.2, -0.15) is 0 Å². The number of rotatable bonds is 43. The maximum Gasteiger partial charge on any atom is 0.306 e. The van der Waals surface area contributed by atoms with Crippen molar-refractivity contribution in [3.8, 4) is 0 Å². The zero-order chi connectivity index (χ0) is 46.9. The standard InChI is InChI=1S/C51H91NO12/c1-5-9-13-17-21-25-29-59-46(53)33-42(34-47(54)60-30-26-22-18-14-10-6-2)37-50(57)63-41-44-39-45(40-52-44)64-51(58)38-43(35-48(55)61-31-27-23-19-15-11-7-3)36-49(56)62-32-28-24-20-16-12-8-4/h42-45,52H,5-41H2,1-4H3/t44-,45+/m0/s1. The molecule has 0 radical (unpaired) electrons. The topological polar surface area (TPSA) is 170 Å². The summed E-state index contributed by atoms with van der Waals surface area (Å²) in [7, 11) is 0. The van der Waals surface area contributed by atoms with E-state index in [-0.39, 0.29) is 51.2 Å². The Morgan fingerprint density at radius 3 is 1.00 bits per heavy atom. The second-order valence-corrected chi connectivity index (χ2v) is 18.0. The van der Waals surface area contributed by atoms with E-state index in [1.807, 2.05) is 0 Å². The summed E-state index contributed by atoms with van der Waals surface area (Å²) in [6.07, 6.45) is 24.7. The van der Waals surface area contributed by atoms with Gasteiger partial charge in [-0.25, -0.2) is 0 Å². The number of unbranched alkanes of at least 4 members (excludes halogenated alkanes) is 20. The van der Waals surface area contributed by atoms with Crippen LogP contribution in [-0.2, 0) is 57.2 Å². The lowest BCUT2D eigenvalue weighted by atomic mass is 9.97. The Hall–Kier alpha value is -3.22. The molecule has 1 aliphatic heterocycles. The van der Waals surface area contributed by atoms with E-state index in [1.165, 1.54) is 25.7 Å². The Kier molecular flexibility index (Phi) is 37.9. The highest BCUT2D eigenvalue weighted by Crippen LogP contribution is 2.22. The summed E-state index contributed by atoms with van der Waals surface area (Å²) in [5.41, 5.74) is 0. The summed E-state index contributed by atoms with van der Waals surface area (Å²) in [5, 5.41) is 3.23. The molecule has 1 rings (SSSR count). The largest absolute Gasteiger partial charge is 0.466 e. The van der Waals surface area contributed by atoms with E-state index < -0.39 is 53.8 Å². The van der Waals surface area contributed by atoms with Crippen LogP contribution in [0, 0.1) is 11.8 Å². The van der Waals surface area contributed by atoms with Crippen LogP contribution >= 0.6 is 0 Å². The fourth-order valence-electron chi connectivity index (χ4n) is 7.84. The van der Waals surface area contributed by atoms with E-state index >= 15 is 0 Å². The Balaban J connectivity index is 2.66. The van der Waals surface area contributed by atoms with Gasteiger partial charge in [-0.15, -0.1) is 0 Å². The van der Waals surface area contributed by atoms with Crippen LogP contribution in [0.2, 0.25) is 0 Å². The van der Waals surface area contributed by atoms with Gasteiger partial charge in [0.25, 0.3) is 0 Å². The molecule has 64 heavy (non-hydrogen) atoms. The first-order valence-corrected chi connectivity index (χ1v) is 25.8. The van der Waals surface area contributed by atoms with Crippen LogP contribution in [0.3, 0.4) is 0 Å². The maximum absolute atomic E-state index is 13.2. The number of nitrogens with one attached hydrogen (secondary N) is 1. The Bertz CT molecular complexity index is 1160. The van der Waals surface area contributed by atoms with Crippen LogP contribution < -0.4 is 5.32 Å². The van der Waals surface area contributed by atoms with Crippen molar-refractivity contribution in [1.29, 1.82) is 0 Å². The molecule has 0 bridgehead atoms. The average molecular weight is 910 g/mol. The fourth-order valence-corrected chi connectivity index (χ4v) is 7.84. The van der Waals surface area contributed by atoms with Gasteiger partial charge in [-0.05, 0) is 37.5 Å². The van der Waals surface area contributed by atoms with Gasteiger partial charge in [0.1, 0.15) is 12.7 Å². The molecule has 1 heterocycles. The van der Waals surface area contributed by atoms with Gasteiger partial charge in [-0.3, -0.25) is 28.8 Å². The highest BCUT2D eigenvalue weighted by molar-refractivity contribution is 5.77. The molecule has 0 unspecified atom stereocenters. The minimum Gasteiger partial charge on any atom is -0.466 e. The lowest BCUT2D eigenvalue weighted by molar-refractivity contribution is -0.154. The molecular formula is C51H91NO12. The van der Waals surface area contributed by atoms with Gasteiger partial charge >= 0.3 is 35.8 Å². The molecule has 0 aromatic rings. The van der Waals surface area contributed by atoms with Crippen LogP contribution in [0.1, 0.15) is 227 Å². The van der Waals surface area contributed by atoms with Gasteiger partial charge in [0.2, 0.25) is 0 Å². The molecule has 0 aromatic heterocycles. The predicted molar refractivity (Wildman–Crippen MR) is 249 cm³/mol. The van der Waals surface area contributed by atoms with Gasteiger partial charge < -0.3 is 33.7 Å². The molecule has 13 nitrogen and oxygen atoms in total. The summed E-state index contributed by atoms with van der Waals surface area (Å²) in [6, 6.07) is -0.283. The van der Waals surface area contributed by atoms with Crippen molar-refractivity contribution in [2.75, 3.05) is 39.6 Å². The van der Waals surface area contributed by atoms with E-state index in [0.29, 0.717) is 39.4 Å². The van der Waals surface area contributed by atoms with Gasteiger partial charge in [0.15, 0.2) is 0 Å². The molecule has 0 spiro atoms. The molecule has 0 aliphatic carbocycles. The van der Waals surface area contributed by atoms with Crippen LogP contribution in [0.4, 0.5) is 0 Å². The number of hydrogen-bond donors (Lipinski definition) is 1. The minimum atomic E-state index is -0.625.